The van der Waals surface area contributed by atoms with Gasteiger partial charge in [0.2, 0.25) is 0 Å². The van der Waals surface area contributed by atoms with Gasteiger partial charge < -0.3 is 10.2 Å². The molecule has 0 aromatic heterocycles. The molecule has 2 heteroatoms. The highest BCUT2D eigenvalue weighted by atomic mass is 16.3. The third-order valence-corrected chi connectivity index (χ3v) is 13.1. The Morgan fingerprint density at radius 2 is 1.41 bits per heavy atom. The molecule has 0 bridgehead atoms. The minimum atomic E-state index is -0.180. The Balaban J connectivity index is 1.58. The summed E-state index contributed by atoms with van der Waals surface area (Å²) in [5.74, 6) is 1.83. The summed E-state index contributed by atoms with van der Waals surface area (Å²) < 4.78 is 0. The van der Waals surface area contributed by atoms with Crippen molar-refractivity contribution in [2.24, 2.45) is 50.2 Å². The second-order valence-corrected chi connectivity index (χ2v) is 15.3. The predicted molar refractivity (Wildman–Crippen MR) is 132 cm³/mol. The van der Waals surface area contributed by atoms with Crippen molar-refractivity contribution in [3.8, 4) is 0 Å². The molecule has 0 aromatic carbocycles. The van der Waals surface area contributed by atoms with Gasteiger partial charge in [-0.2, -0.15) is 0 Å². The number of aliphatic hydroxyl groups is 2. The Morgan fingerprint density at radius 1 is 0.719 bits per heavy atom. The van der Waals surface area contributed by atoms with Crippen LogP contribution in [0.25, 0.3) is 0 Å². The molecule has 0 saturated heterocycles. The van der Waals surface area contributed by atoms with E-state index in [9.17, 15) is 10.2 Å². The highest BCUT2D eigenvalue weighted by molar-refractivity contribution is 5.34. The van der Waals surface area contributed by atoms with Gasteiger partial charge in [0, 0.05) is 5.41 Å². The van der Waals surface area contributed by atoms with Crippen LogP contribution in [0.1, 0.15) is 113 Å². The van der Waals surface area contributed by atoms with Gasteiger partial charge in [0.25, 0.3) is 0 Å². The summed E-state index contributed by atoms with van der Waals surface area (Å²) in [4.78, 5) is 0. The van der Waals surface area contributed by atoms with Gasteiger partial charge >= 0.3 is 0 Å². The van der Waals surface area contributed by atoms with Gasteiger partial charge in [0.15, 0.2) is 0 Å². The van der Waals surface area contributed by atoms with Crippen LogP contribution >= 0.6 is 0 Å². The molecule has 4 fully saturated rings. The lowest BCUT2D eigenvalue weighted by molar-refractivity contribution is -0.207. The van der Waals surface area contributed by atoms with E-state index in [-0.39, 0.29) is 33.9 Å². The standard InChI is InChI=1S/C30H50O2/c1-25(2)17-20-19-9-10-22-28(6)13-12-23(31)26(3,4)21(28)11-14-30(22,8)29(19,7)16-15-27(20,5)24(32)18-25/h9,20-24,31-32H,10-18H2,1-8H3/t20?,21?,22?,23-,24+,27+,28-,29+,30+/m0/s1. The maximum absolute atomic E-state index is 11.3. The molecular weight excluding hydrogens is 392 g/mol. The van der Waals surface area contributed by atoms with Gasteiger partial charge in [-0.1, -0.05) is 67.0 Å². The molecule has 0 radical (unpaired) electrons. The largest absolute Gasteiger partial charge is 0.393 e. The van der Waals surface area contributed by atoms with Crippen LogP contribution in [0.4, 0.5) is 0 Å². The highest BCUT2D eigenvalue weighted by Gasteiger charge is 2.68. The SMILES string of the molecule is CC1(C)CC2C3=CCC4[C@@]5(C)CC[C@H](O)C(C)(C)C5CC[C@@]4(C)[C@]3(C)CC[C@@]2(C)[C@H](O)C1. The first kappa shape index (κ1) is 23.4. The Kier molecular flexibility index (Phi) is 4.87. The fourth-order valence-electron chi connectivity index (χ4n) is 10.7. The Hall–Kier alpha value is -0.340. The lowest BCUT2D eigenvalue weighted by Crippen LogP contribution is -2.65. The molecule has 9 atom stereocenters. The first-order valence-electron chi connectivity index (χ1n) is 13.7. The first-order valence-corrected chi connectivity index (χ1v) is 13.7. The minimum absolute atomic E-state index is 0.0157. The number of hydrogen-bond donors (Lipinski definition) is 2. The van der Waals surface area contributed by atoms with E-state index in [0.29, 0.717) is 28.6 Å². The van der Waals surface area contributed by atoms with Gasteiger partial charge in [-0.05, 0) is 103 Å². The number of aliphatic hydroxyl groups excluding tert-OH is 2. The molecule has 0 heterocycles. The minimum Gasteiger partial charge on any atom is -0.393 e. The van der Waals surface area contributed by atoms with Crippen molar-refractivity contribution in [2.45, 2.75) is 125 Å². The van der Waals surface area contributed by atoms with Gasteiger partial charge in [-0.25, -0.2) is 0 Å². The van der Waals surface area contributed by atoms with Gasteiger partial charge in [0.05, 0.1) is 12.2 Å². The highest BCUT2D eigenvalue weighted by Crippen LogP contribution is 2.75. The van der Waals surface area contributed by atoms with Crippen LogP contribution in [0.5, 0.6) is 0 Å². The van der Waals surface area contributed by atoms with Crippen molar-refractivity contribution in [1.29, 1.82) is 0 Å². The van der Waals surface area contributed by atoms with E-state index in [0.717, 1.165) is 19.3 Å². The normalized spacial score (nSPS) is 56.2. The van der Waals surface area contributed by atoms with Crippen molar-refractivity contribution in [3.05, 3.63) is 11.6 Å². The number of fused-ring (bicyclic) bond motifs is 7. The summed E-state index contributed by atoms with van der Waals surface area (Å²) >= 11 is 0. The molecule has 2 nitrogen and oxygen atoms in total. The topological polar surface area (TPSA) is 40.5 Å². The lowest BCUT2D eigenvalue weighted by atomic mass is 9.33. The quantitative estimate of drug-likeness (QED) is 0.391. The van der Waals surface area contributed by atoms with E-state index in [1.165, 1.54) is 38.5 Å². The summed E-state index contributed by atoms with van der Waals surface area (Å²) in [6.07, 6.45) is 12.8. The van der Waals surface area contributed by atoms with Crippen molar-refractivity contribution in [3.63, 3.8) is 0 Å². The molecule has 5 rings (SSSR count). The molecule has 0 aliphatic heterocycles. The maximum atomic E-state index is 11.3. The molecule has 3 unspecified atom stereocenters. The van der Waals surface area contributed by atoms with Crippen molar-refractivity contribution < 1.29 is 10.2 Å². The summed E-state index contributed by atoms with van der Waals surface area (Å²) in [5, 5.41) is 22.2. The molecule has 0 amide bonds. The number of allylic oxidation sites excluding steroid dienone is 2. The van der Waals surface area contributed by atoms with E-state index < -0.39 is 0 Å². The fraction of sp³-hybridized carbons (Fsp3) is 0.933. The van der Waals surface area contributed by atoms with Crippen LogP contribution in [0.3, 0.4) is 0 Å². The van der Waals surface area contributed by atoms with Gasteiger partial charge in [-0.3, -0.25) is 0 Å². The summed E-state index contributed by atoms with van der Waals surface area (Å²) in [7, 11) is 0. The Labute approximate surface area is 197 Å². The summed E-state index contributed by atoms with van der Waals surface area (Å²) in [6, 6.07) is 0. The fourth-order valence-corrected chi connectivity index (χ4v) is 10.7. The maximum Gasteiger partial charge on any atom is 0.0604 e. The average molecular weight is 443 g/mol. The zero-order valence-electron chi connectivity index (χ0n) is 22.2. The predicted octanol–water partition coefficient (Wildman–Crippen LogP) is 7.14. The van der Waals surface area contributed by atoms with Crippen molar-refractivity contribution in [2.75, 3.05) is 0 Å². The average Bonchev–Trinajstić information content (AvgIpc) is 2.67. The molecule has 0 spiro atoms. The van der Waals surface area contributed by atoms with E-state index in [2.05, 4.69) is 61.5 Å². The number of rotatable bonds is 0. The van der Waals surface area contributed by atoms with Crippen LogP contribution in [-0.4, -0.2) is 22.4 Å². The second-order valence-electron chi connectivity index (χ2n) is 15.3. The third kappa shape index (κ3) is 2.72. The van der Waals surface area contributed by atoms with Crippen LogP contribution in [-0.2, 0) is 0 Å². The lowest BCUT2D eigenvalue weighted by Gasteiger charge is -2.71. The molecule has 32 heavy (non-hydrogen) atoms. The van der Waals surface area contributed by atoms with E-state index in [1.807, 2.05) is 0 Å². The number of hydrogen-bond acceptors (Lipinski definition) is 2. The second kappa shape index (κ2) is 6.66. The Morgan fingerprint density at radius 3 is 2.09 bits per heavy atom. The molecule has 182 valence electrons. The van der Waals surface area contributed by atoms with Crippen molar-refractivity contribution >= 4 is 0 Å². The summed E-state index contributed by atoms with van der Waals surface area (Å²) in [5.41, 5.74) is 2.86. The molecule has 5 aliphatic carbocycles. The molecule has 4 saturated carbocycles. The van der Waals surface area contributed by atoms with Crippen molar-refractivity contribution in [1.82, 2.24) is 0 Å². The van der Waals surface area contributed by atoms with E-state index in [1.54, 1.807) is 5.57 Å². The molecule has 0 aromatic rings. The van der Waals surface area contributed by atoms with Crippen LogP contribution in [0.15, 0.2) is 11.6 Å². The molecular formula is C30H50O2. The van der Waals surface area contributed by atoms with Crippen LogP contribution in [0.2, 0.25) is 0 Å². The van der Waals surface area contributed by atoms with Gasteiger partial charge in [-0.15, -0.1) is 0 Å². The summed E-state index contributed by atoms with van der Waals surface area (Å²) in [6.45, 7) is 19.7. The molecule has 5 aliphatic rings. The van der Waals surface area contributed by atoms with Crippen LogP contribution in [0, 0.1) is 50.2 Å². The molecule has 2 N–H and O–H groups in total. The van der Waals surface area contributed by atoms with E-state index >= 15 is 0 Å². The first-order chi connectivity index (χ1) is 14.6. The monoisotopic (exact) mass is 442 g/mol. The van der Waals surface area contributed by atoms with Crippen LogP contribution < -0.4 is 0 Å². The zero-order chi connectivity index (χ0) is 23.5. The zero-order valence-corrected chi connectivity index (χ0v) is 22.2. The van der Waals surface area contributed by atoms with E-state index in [4.69, 9.17) is 0 Å². The van der Waals surface area contributed by atoms with Gasteiger partial charge in [0.1, 0.15) is 0 Å². The smallest absolute Gasteiger partial charge is 0.0604 e. The third-order valence-electron chi connectivity index (χ3n) is 13.1. The Bertz CT molecular complexity index is 825.